The highest BCUT2D eigenvalue weighted by Gasteiger charge is 2.25. The van der Waals surface area contributed by atoms with Crippen molar-refractivity contribution in [1.29, 1.82) is 0 Å². The summed E-state index contributed by atoms with van der Waals surface area (Å²) in [5, 5.41) is 17.1. The molecule has 0 amide bonds. The summed E-state index contributed by atoms with van der Waals surface area (Å²) in [6.07, 6.45) is 0.744. The second kappa shape index (κ2) is 12.9. The van der Waals surface area contributed by atoms with Gasteiger partial charge >= 0.3 is 0 Å². The van der Waals surface area contributed by atoms with Crippen LogP contribution in [-0.4, -0.2) is 74.0 Å². The minimum atomic E-state index is -0.901. The number of nitrogens with zero attached hydrogens (tertiary/aromatic N) is 2. The van der Waals surface area contributed by atoms with Crippen LogP contribution in [0.4, 0.5) is 4.39 Å². The first-order valence-corrected chi connectivity index (χ1v) is 10.2. The first kappa shape index (κ1) is 25.5. The topological polar surface area (TPSA) is 69.1 Å². The molecule has 160 valence electrons. The maximum atomic E-state index is 13.3. The van der Waals surface area contributed by atoms with Crippen LogP contribution in [0.5, 0.6) is 0 Å². The van der Waals surface area contributed by atoms with Crippen molar-refractivity contribution in [3.05, 3.63) is 34.1 Å². The number of ether oxygens (including phenoxy) is 1. The van der Waals surface area contributed by atoms with Crippen molar-refractivity contribution in [2.24, 2.45) is 4.99 Å². The van der Waals surface area contributed by atoms with Gasteiger partial charge in [-0.25, -0.2) is 4.39 Å². The fourth-order valence-electron chi connectivity index (χ4n) is 2.90. The molecule has 1 saturated heterocycles. The summed E-state index contributed by atoms with van der Waals surface area (Å²) in [4.78, 5) is 6.73. The van der Waals surface area contributed by atoms with Crippen LogP contribution < -0.4 is 10.6 Å². The number of β-amino-alcohol motifs (C(OH)–C–C–N with tert-alkyl or cyclic N) is 1. The molecule has 28 heavy (non-hydrogen) atoms. The SMILES string of the molecule is CCNC(=NCC(C)(O)CN1CCOCC1)NCCc1ccc(F)c(Br)c1.I. The van der Waals surface area contributed by atoms with Crippen molar-refractivity contribution in [1.82, 2.24) is 15.5 Å². The third-order valence-corrected chi connectivity index (χ3v) is 4.89. The van der Waals surface area contributed by atoms with Gasteiger partial charge in [-0.05, 0) is 53.9 Å². The molecular weight excluding hydrogens is 542 g/mol. The Bertz CT molecular complexity index is 628. The van der Waals surface area contributed by atoms with Crippen molar-refractivity contribution in [2.45, 2.75) is 25.9 Å². The van der Waals surface area contributed by atoms with E-state index in [0.717, 1.165) is 31.6 Å². The molecule has 0 bridgehead atoms. The largest absolute Gasteiger partial charge is 0.387 e. The molecule has 1 fully saturated rings. The molecule has 0 radical (unpaired) electrons. The number of aliphatic hydroxyl groups is 1. The Kier molecular flexibility index (Phi) is 11.8. The maximum Gasteiger partial charge on any atom is 0.191 e. The molecule has 0 aromatic heterocycles. The van der Waals surface area contributed by atoms with Crippen LogP contribution in [0, 0.1) is 5.82 Å². The summed E-state index contributed by atoms with van der Waals surface area (Å²) in [5.41, 5.74) is 0.132. The number of morpholine rings is 1. The van der Waals surface area contributed by atoms with E-state index in [1.807, 2.05) is 13.8 Å². The predicted octanol–water partition coefficient (Wildman–Crippen LogP) is 2.39. The van der Waals surface area contributed by atoms with Crippen molar-refractivity contribution in [3.8, 4) is 0 Å². The molecule has 0 spiro atoms. The molecule has 0 saturated carbocycles. The summed E-state index contributed by atoms with van der Waals surface area (Å²) in [5.74, 6) is 0.407. The number of hydrogen-bond acceptors (Lipinski definition) is 4. The Morgan fingerprint density at radius 2 is 2.07 bits per heavy atom. The van der Waals surface area contributed by atoms with Gasteiger partial charge in [-0.3, -0.25) is 9.89 Å². The molecule has 1 aromatic rings. The molecular formula is C19H31BrFIN4O2. The zero-order chi connectivity index (χ0) is 19.7. The van der Waals surface area contributed by atoms with Crippen LogP contribution in [0.3, 0.4) is 0 Å². The lowest BCUT2D eigenvalue weighted by molar-refractivity contribution is -0.0179. The molecule has 1 atom stereocenters. The van der Waals surface area contributed by atoms with Crippen LogP contribution in [0.15, 0.2) is 27.7 Å². The monoisotopic (exact) mass is 572 g/mol. The fourth-order valence-corrected chi connectivity index (χ4v) is 3.33. The lowest BCUT2D eigenvalue weighted by Gasteiger charge is -2.33. The van der Waals surface area contributed by atoms with E-state index in [2.05, 4.69) is 36.5 Å². The quantitative estimate of drug-likeness (QED) is 0.254. The molecule has 1 aromatic carbocycles. The molecule has 0 aliphatic carbocycles. The van der Waals surface area contributed by atoms with Crippen LogP contribution >= 0.6 is 39.9 Å². The van der Waals surface area contributed by atoms with Gasteiger partial charge in [-0.2, -0.15) is 0 Å². The molecule has 9 heteroatoms. The first-order valence-electron chi connectivity index (χ1n) is 9.38. The van der Waals surface area contributed by atoms with E-state index in [1.54, 1.807) is 12.1 Å². The van der Waals surface area contributed by atoms with Gasteiger partial charge in [0, 0.05) is 32.7 Å². The molecule has 1 aliphatic rings. The number of rotatable bonds is 8. The standard InChI is InChI=1S/C19H30BrFN4O2.HI/c1-3-22-18(23-7-6-15-4-5-17(21)16(20)12-15)24-13-19(2,26)14-25-8-10-27-11-9-25;/h4-5,12,26H,3,6-11,13-14H2,1-2H3,(H2,22,23,24);1H. The lowest BCUT2D eigenvalue weighted by Crippen LogP contribution is -2.48. The van der Waals surface area contributed by atoms with E-state index in [9.17, 15) is 9.50 Å². The minimum Gasteiger partial charge on any atom is -0.387 e. The summed E-state index contributed by atoms with van der Waals surface area (Å²) in [6.45, 7) is 9.19. The van der Waals surface area contributed by atoms with E-state index in [4.69, 9.17) is 4.74 Å². The van der Waals surface area contributed by atoms with Gasteiger partial charge in [0.15, 0.2) is 5.96 Å². The molecule has 1 unspecified atom stereocenters. The smallest absolute Gasteiger partial charge is 0.191 e. The van der Waals surface area contributed by atoms with E-state index in [1.165, 1.54) is 6.07 Å². The highest BCUT2D eigenvalue weighted by atomic mass is 127. The normalized spacial score (nSPS) is 17.5. The minimum absolute atomic E-state index is 0. The van der Waals surface area contributed by atoms with E-state index in [0.29, 0.717) is 43.3 Å². The summed E-state index contributed by atoms with van der Waals surface area (Å²) in [6, 6.07) is 5.02. The number of guanidine groups is 1. The van der Waals surface area contributed by atoms with Gasteiger partial charge in [0.25, 0.3) is 0 Å². The van der Waals surface area contributed by atoms with Crippen LogP contribution in [-0.2, 0) is 11.2 Å². The Balaban J connectivity index is 0.00000392. The summed E-state index contributed by atoms with van der Waals surface area (Å²) < 4.78 is 19.1. The van der Waals surface area contributed by atoms with Gasteiger partial charge < -0.3 is 20.5 Å². The number of aliphatic imine (C=N–C) groups is 1. The second-order valence-corrected chi connectivity index (χ2v) is 7.86. The van der Waals surface area contributed by atoms with Crippen molar-refractivity contribution < 1.29 is 14.2 Å². The fraction of sp³-hybridized carbons (Fsp3) is 0.632. The van der Waals surface area contributed by atoms with Gasteiger partial charge in [0.2, 0.25) is 0 Å². The predicted molar refractivity (Wildman–Crippen MR) is 125 cm³/mol. The van der Waals surface area contributed by atoms with E-state index < -0.39 is 5.60 Å². The molecule has 2 rings (SSSR count). The third-order valence-electron chi connectivity index (χ3n) is 4.28. The van der Waals surface area contributed by atoms with Crippen LogP contribution in [0.2, 0.25) is 0 Å². The molecule has 6 nitrogen and oxygen atoms in total. The number of halogens is 3. The Morgan fingerprint density at radius 3 is 2.71 bits per heavy atom. The third kappa shape index (κ3) is 9.34. The highest BCUT2D eigenvalue weighted by molar-refractivity contribution is 14.0. The highest BCUT2D eigenvalue weighted by Crippen LogP contribution is 2.17. The first-order chi connectivity index (χ1) is 12.9. The molecule has 1 heterocycles. The lowest BCUT2D eigenvalue weighted by atomic mass is 10.1. The van der Waals surface area contributed by atoms with Crippen molar-refractivity contribution in [2.75, 3.05) is 52.5 Å². The molecule has 3 N–H and O–H groups in total. The van der Waals surface area contributed by atoms with Gasteiger partial charge in [-0.15, -0.1) is 24.0 Å². The molecule has 1 aliphatic heterocycles. The number of benzene rings is 1. The number of hydrogen-bond donors (Lipinski definition) is 3. The van der Waals surface area contributed by atoms with E-state index >= 15 is 0 Å². The zero-order valence-electron chi connectivity index (χ0n) is 16.5. The van der Waals surface area contributed by atoms with Crippen molar-refractivity contribution >= 4 is 45.9 Å². The Hall–Kier alpha value is -0.490. The second-order valence-electron chi connectivity index (χ2n) is 7.01. The average Bonchev–Trinajstić information content (AvgIpc) is 2.63. The Labute approximate surface area is 192 Å². The maximum absolute atomic E-state index is 13.3. The zero-order valence-corrected chi connectivity index (χ0v) is 20.4. The van der Waals surface area contributed by atoms with Gasteiger partial charge in [0.1, 0.15) is 5.82 Å². The van der Waals surface area contributed by atoms with Crippen molar-refractivity contribution in [3.63, 3.8) is 0 Å². The number of nitrogens with one attached hydrogen (secondary N) is 2. The summed E-state index contributed by atoms with van der Waals surface area (Å²) >= 11 is 3.21. The summed E-state index contributed by atoms with van der Waals surface area (Å²) in [7, 11) is 0. The van der Waals surface area contributed by atoms with E-state index in [-0.39, 0.29) is 29.8 Å². The Morgan fingerprint density at radius 1 is 1.36 bits per heavy atom. The average molecular weight is 573 g/mol. The van der Waals surface area contributed by atoms with Crippen LogP contribution in [0.25, 0.3) is 0 Å². The van der Waals surface area contributed by atoms with Crippen LogP contribution in [0.1, 0.15) is 19.4 Å². The van der Waals surface area contributed by atoms with Gasteiger partial charge in [-0.1, -0.05) is 6.07 Å². The van der Waals surface area contributed by atoms with Gasteiger partial charge in [0.05, 0.1) is 29.8 Å².